The smallest absolute Gasteiger partial charge is 0.339 e. The highest BCUT2D eigenvalue weighted by Gasteiger charge is 2.28. The van der Waals surface area contributed by atoms with E-state index >= 15 is 0 Å². The van der Waals surface area contributed by atoms with E-state index in [0.717, 1.165) is 22.8 Å². The van der Waals surface area contributed by atoms with Crippen molar-refractivity contribution in [3.63, 3.8) is 0 Å². The lowest BCUT2D eigenvalue weighted by Gasteiger charge is -2.13. The molecule has 1 aromatic heterocycles. The Bertz CT molecular complexity index is 1700. The van der Waals surface area contributed by atoms with Crippen molar-refractivity contribution < 1.29 is 33.0 Å². The van der Waals surface area contributed by atoms with E-state index in [1.54, 1.807) is 26.4 Å². The Morgan fingerprint density at radius 1 is 0.927 bits per heavy atom. The van der Waals surface area contributed by atoms with Crippen LogP contribution in [-0.2, 0) is 16.0 Å². The molecule has 0 saturated heterocycles. The number of amides is 2. The van der Waals surface area contributed by atoms with Crippen molar-refractivity contribution in [2.24, 2.45) is 0 Å². The van der Waals surface area contributed by atoms with E-state index in [2.05, 4.69) is 10.9 Å². The fraction of sp³-hybridized carbons (Fsp3) is 0.161. The molecule has 3 aromatic carbocycles. The van der Waals surface area contributed by atoms with E-state index in [9.17, 15) is 18.8 Å². The van der Waals surface area contributed by atoms with Gasteiger partial charge in [-0.3, -0.25) is 20.4 Å². The van der Waals surface area contributed by atoms with Gasteiger partial charge in [0, 0.05) is 5.39 Å². The molecule has 2 amide bonds. The first-order chi connectivity index (χ1) is 19.9. The summed E-state index contributed by atoms with van der Waals surface area (Å²) in [6.45, 7) is -0.657. The molecule has 5 rings (SSSR count). The van der Waals surface area contributed by atoms with Crippen LogP contribution in [0.25, 0.3) is 22.6 Å². The van der Waals surface area contributed by atoms with E-state index in [0.29, 0.717) is 46.5 Å². The summed E-state index contributed by atoms with van der Waals surface area (Å²) in [5.74, 6) is -1.83. The Hall–Kier alpha value is -5.25. The molecule has 41 heavy (non-hydrogen) atoms. The van der Waals surface area contributed by atoms with Crippen molar-refractivity contribution in [2.45, 2.75) is 12.8 Å². The van der Waals surface area contributed by atoms with Gasteiger partial charge in [0.15, 0.2) is 18.1 Å². The highest BCUT2D eigenvalue weighted by atomic mass is 19.1. The summed E-state index contributed by atoms with van der Waals surface area (Å²) in [5, 5.41) is 0.608. The minimum atomic E-state index is -0.838. The van der Waals surface area contributed by atoms with Gasteiger partial charge in [-0.1, -0.05) is 36.4 Å². The molecule has 0 bridgehead atoms. The molecule has 0 spiro atoms. The van der Waals surface area contributed by atoms with E-state index in [4.69, 9.17) is 19.2 Å². The largest absolute Gasteiger partial charge is 0.493 e. The maximum atomic E-state index is 13.8. The van der Waals surface area contributed by atoms with Crippen LogP contribution in [0.4, 0.5) is 4.39 Å². The summed E-state index contributed by atoms with van der Waals surface area (Å²) in [6, 6.07) is 18.2. The Morgan fingerprint density at radius 3 is 2.46 bits per heavy atom. The van der Waals surface area contributed by atoms with Crippen molar-refractivity contribution in [2.75, 3.05) is 20.8 Å². The first kappa shape index (κ1) is 27.3. The van der Waals surface area contributed by atoms with Gasteiger partial charge in [0.25, 0.3) is 11.8 Å². The molecule has 4 aromatic rings. The van der Waals surface area contributed by atoms with Crippen LogP contribution < -0.4 is 20.3 Å². The number of hydrogen-bond acceptors (Lipinski definition) is 7. The Balaban J connectivity index is 1.36. The molecule has 1 aliphatic rings. The second-order valence-corrected chi connectivity index (χ2v) is 9.17. The molecule has 9 nitrogen and oxygen atoms in total. The van der Waals surface area contributed by atoms with Crippen LogP contribution in [0.15, 0.2) is 66.7 Å². The average Bonchev–Trinajstić information content (AvgIpc) is 3.39. The third-order valence-electron chi connectivity index (χ3n) is 6.66. The Kier molecular flexibility index (Phi) is 7.91. The third kappa shape index (κ3) is 5.72. The molecule has 0 unspecified atom stereocenters. The maximum absolute atomic E-state index is 13.8. The van der Waals surface area contributed by atoms with Gasteiger partial charge in [0.2, 0.25) is 0 Å². The summed E-state index contributed by atoms with van der Waals surface area (Å²) in [5.41, 5.74) is 8.21. The molecular weight excluding hydrogens is 529 g/mol. The monoisotopic (exact) mass is 555 g/mol. The molecule has 0 aliphatic heterocycles. The number of halogens is 1. The number of nitrogens with one attached hydrogen (secondary N) is 2. The number of carbonyl (C=O) groups is 3. The number of methoxy groups -OCH3 is 2. The SMILES string of the molecule is COc1ccc(C=C2CCc3c2nc2ccccc2c3C(=O)OCC(=O)NNC(=O)c2ccccc2F)cc1OC. The number of hydrogen-bond donors (Lipinski definition) is 2. The molecule has 1 aliphatic carbocycles. The number of para-hydroxylation sites is 1. The van der Waals surface area contributed by atoms with E-state index in [-0.39, 0.29) is 5.56 Å². The van der Waals surface area contributed by atoms with Gasteiger partial charge in [0.1, 0.15) is 5.82 Å². The Labute approximate surface area is 234 Å². The molecule has 0 radical (unpaired) electrons. The number of carbonyl (C=O) groups excluding carboxylic acids is 3. The number of ether oxygens (including phenoxy) is 3. The van der Waals surface area contributed by atoms with Gasteiger partial charge >= 0.3 is 5.97 Å². The van der Waals surface area contributed by atoms with Crippen molar-refractivity contribution >= 4 is 40.3 Å². The second kappa shape index (κ2) is 11.9. The molecule has 0 fully saturated rings. The topological polar surface area (TPSA) is 116 Å². The minimum Gasteiger partial charge on any atom is -0.493 e. The fourth-order valence-electron chi connectivity index (χ4n) is 4.73. The first-order valence-electron chi connectivity index (χ1n) is 12.7. The summed E-state index contributed by atoms with van der Waals surface area (Å²) < 4.78 is 29.9. The van der Waals surface area contributed by atoms with Crippen molar-refractivity contribution in [3.8, 4) is 11.5 Å². The molecule has 10 heteroatoms. The highest BCUT2D eigenvalue weighted by Crippen LogP contribution is 2.38. The van der Waals surface area contributed by atoms with Gasteiger partial charge in [-0.25, -0.2) is 14.2 Å². The molecule has 0 saturated carbocycles. The Morgan fingerprint density at radius 2 is 1.68 bits per heavy atom. The van der Waals surface area contributed by atoms with Gasteiger partial charge in [-0.05, 0) is 65.9 Å². The number of esters is 1. The molecular formula is C31H26FN3O6. The van der Waals surface area contributed by atoms with Gasteiger partial charge < -0.3 is 14.2 Å². The number of benzene rings is 3. The van der Waals surface area contributed by atoms with E-state index in [1.165, 1.54) is 18.2 Å². The summed E-state index contributed by atoms with van der Waals surface area (Å²) >= 11 is 0. The summed E-state index contributed by atoms with van der Waals surface area (Å²) in [6.07, 6.45) is 3.20. The number of fused-ring (bicyclic) bond motifs is 2. The van der Waals surface area contributed by atoms with Crippen LogP contribution in [0.1, 0.15) is 44.0 Å². The molecule has 208 valence electrons. The maximum Gasteiger partial charge on any atom is 0.339 e. The lowest BCUT2D eigenvalue weighted by Crippen LogP contribution is -2.43. The molecule has 2 N–H and O–H groups in total. The predicted octanol–water partition coefficient (Wildman–Crippen LogP) is 4.50. The van der Waals surface area contributed by atoms with E-state index in [1.807, 2.05) is 36.4 Å². The van der Waals surface area contributed by atoms with Gasteiger partial charge in [0.05, 0.1) is 36.6 Å². The highest BCUT2D eigenvalue weighted by molar-refractivity contribution is 6.07. The first-order valence-corrected chi connectivity index (χ1v) is 12.7. The zero-order valence-electron chi connectivity index (χ0n) is 22.3. The van der Waals surface area contributed by atoms with Gasteiger partial charge in [-0.2, -0.15) is 0 Å². The van der Waals surface area contributed by atoms with Crippen LogP contribution in [0, 0.1) is 5.82 Å². The molecule has 0 atom stereocenters. The quantitative estimate of drug-likeness (QED) is 0.255. The molecule has 1 heterocycles. The van der Waals surface area contributed by atoms with Crippen LogP contribution in [0.5, 0.6) is 11.5 Å². The number of hydrazine groups is 1. The van der Waals surface area contributed by atoms with Crippen molar-refractivity contribution in [1.82, 2.24) is 15.8 Å². The third-order valence-corrected chi connectivity index (χ3v) is 6.66. The normalized spacial score (nSPS) is 13.0. The lowest BCUT2D eigenvalue weighted by atomic mass is 10.0. The van der Waals surface area contributed by atoms with Crippen molar-refractivity contribution in [1.29, 1.82) is 0 Å². The van der Waals surface area contributed by atoms with Gasteiger partial charge in [-0.15, -0.1) is 0 Å². The zero-order chi connectivity index (χ0) is 28.9. The minimum absolute atomic E-state index is 0.236. The van der Waals surface area contributed by atoms with Crippen LogP contribution in [0.3, 0.4) is 0 Å². The van der Waals surface area contributed by atoms with Crippen LogP contribution >= 0.6 is 0 Å². The number of aromatic nitrogens is 1. The number of nitrogens with zero attached hydrogens (tertiary/aromatic N) is 1. The summed E-state index contributed by atoms with van der Waals surface area (Å²) in [7, 11) is 3.15. The van der Waals surface area contributed by atoms with Crippen molar-refractivity contribution in [3.05, 3.63) is 100 Å². The number of allylic oxidation sites excluding steroid dienone is 1. The average molecular weight is 556 g/mol. The summed E-state index contributed by atoms with van der Waals surface area (Å²) in [4.78, 5) is 42.6. The van der Waals surface area contributed by atoms with Crippen LogP contribution in [0.2, 0.25) is 0 Å². The number of pyridine rings is 1. The standard InChI is InChI=1S/C31H26FN3O6/c1-39-25-14-11-18(16-26(25)40-2)15-19-12-13-22-28(21-8-4-6-10-24(21)33-29(19)22)31(38)41-17-27(36)34-35-30(37)20-7-3-5-9-23(20)32/h3-11,14-16H,12-13,17H2,1-2H3,(H,34,36)(H,35,37). The second-order valence-electron chi connectivity index (χ2n) is 9.17. The zero-order valence-corrected chi connectivity index (χ0v) is 22.3. The number of rotatable bonds is 7. The fourth-order valence-corrected chi connectivity index (χ4v) is 4.73. The van der Waals surface area contributed by atoms with E-state index < -0.39 is 30.2 Å². The lowest BCUT2D eigenvalue weighted by molar-refractivity contribution is -0.125. The predicted molar refractivity (Wildman–Crippen MR) is 150 cm³/mol. The van der Waals surface area contributed by atoms with Crippen LogP contribution in [-0.4, -0.2) is 43.6 Å².